The van der Waals surface area contributed by atoms with Crippen molar-refractivity contribution in [3.63, 3.8) is 0 Å². The van der Waals surface area contributed by atoms with Crippen LogP contribution in [0.25, 0.3) is 10.9 Å². The highest BCUT2D eigenvalue weighted by molar-refractivity contribution is 6.22. The van der Waals surface area contributed by atoms with Crippen molar-refractivity contribution < 1.29 is 10.0 Å². The van der Waals surface area contributed by atoms with Crippen molar-refractivity contribution in [1.82, 2.24) is 4.98 Å². The number of H-pyrrole nitrogens is 1. The summed E-state index contributed by atoms with van der Waals surface area (Å²) in [7, 11) is 0. The molecule has 0 saturated carbocycles. The Labute approximate surface area is 184 Å². The number of halogens is 1. The van der Waals surface area contributed by atoms with E-state index in [0.29, 0.717) is 34.4 Å². The first-order valence-corrected chi connectivity index (χ1v) is 9.49. The summed E-state index contributed by atoms with van der Waals surface area (Å²) >= 11 is 0. The molecule has 0 fully saturated rings. The zero-order chi connectivity index (χ0) is 21.1. The maximum atomic E-state index is 11.3. The highest BCUT2D eigenvalue weighted by atomic mass is 35.5. The molecule has 3 aromatic carbocycles. The summed E-state index contributed by atoms with van der Waals surface area (Å²) in [5.74, 6) is -0.0900. The average molecular weight is 437 g/mol. The molecule has 158 valence electrons. The van der Waals surface area contributed by atoms with Crippen LogP contribution in [-0.4, -0.2) is 27.3 Å². The molecule has 0 aliphatic rings. The lowest BCUT2D eigenvalue weighted by molar-refractivity contribution is -0.384. The molecule has 1 aromatic heterocycles. The molecule has 4 N–H and O–H groups in total. The summed E-state index contributed by atoms with van der Waals surface area (Å²) in [5, 5.41) is 22.5. The van der Waals surface area contributed by atoms with Gasteiger partial charge in [0.1, 0.15) is 0 Å². The molecule has 1 heterocycles. The Balaban J connectivity index is 0.00000272. The lowest BCUT2D eigenvalue weighted by Gasteiger charge is -2.08. The van der Waals surface area contributed by atoms with Gasteiger partial charge in [0.05, 0.1) is 21.9 Å². The molecule has 0 amide bonds. The van der Waals surface area contributed by atoms with Crippen LogP contribution in [0.4, 0.5) is 11.4 Å². The number of aromatic nitrogens is 1. The second kappa shape index (κ2) is 9.42. The molecule has 7 nitrogen and oxygen atoms in total. The Kier molecular flexibility index (Phi) is 6.69. The summed E-state index contributed by atoms with van der Waals surface area (Å²) in [4.78, 5) is 18.5. The van der Waals surface area contributed by atoms with Crippen LogP contribution in [0.2, 0.25) is 0 Å². The van der Waals surface area contributed by atoms with Crippen LogP contribution < -0.4 is 5.73 Å². The van der Waals surface area contributed by atoms with Gasteiger partial charge in [-0.25, -0.2) is 4.99 Å². The summed E-state index contributed by atoms with van der Waals surface area (Å²) in [6.07, 6.45) is 0.780. The van der Waals surface area contributed by atoms with Crippen molar-refractivity contribution in [2.24, 2.45) is 10.7 Å². The highest BCUT2D eigenvalue weighted by Gasteiger charge is 2.20. The summed E-state index contributed by atoms with van der Waals surface area (Å²) in [5.41, 5.74) is 9.70. The number of nitro groups is 1. The van der Waals surface area contributed by atoms with E-state index >= 15 is 0 Å². The van der Waals surface area contributed by atoms with E-state index in [4.69, 9.17) is 10.7 Å². The normalized spacial score (nSPS) is 11.3. The van der Waals surface area contributed by atoms with Crippen LogP contribution >= 0.6 is 12.4 Å². The van der Waals surface area contributed by atoms with E-state index in [2.05, 4.69) is 4.98 Å². The van der Waals surface area contributed by atoms with Gasteiger partial charge in [-0.2, -0.15) is 0 Å². The van der Waals surface area contributed by atoms with Crippen LogP contribution in [0.5, 0.6) is 5.88 Å². The van der Waals surface area contributed by atoms with Gasteiger partial charge >= 0.3 is 0 Å². The van der Waals surface area contributed by atoms with Gasteiger partial charge in [0, 0.05) is 28.6 Å². The molecule has 0 unspecified atom stereocenters. The second-order valence-corrected chi connectivity index (χ2v) is 6.87. The molecular formula is C23H21ClN4O3. The minimum Gasteiger partial charge on any atom is -0.494 e. The second-order valence-electron chi connectivity index (χ2n) is 6.87. The monoisotopic (exact) mass is 436 g/mol. The Morgan fingerprint density at radius 3 is 2.42 bits per heavy atom. The number of benzene rings is 3. The van der Waals surface area contributed by atoms with Gasteiger partial charge in [0.15, 0.2) is 5.88 Å². The fourth-order valence-corrected chi connectivity index (χ4v) is 3.41. The van der Waals surface area contributed by atoms with Crippen LogP contribution in [-0.2, 0) is 6.42 Å². The van der Waals surface area contributed by atoms with Crippen LogP contribution in [0.1, 0.15) is 16.7 Å². The van der Waals surface area contributed by atoms with Crippen molar-refractivity contribution in [3.05, 3.63) is 99.6 Å². The molecule has 0 radical (unpaired) electrons. The number of nitrogens with zero attached hydrogens (tertiary/aromatic N) is 2. The fourth-order valence-electron chi connectivity index (χ4n) is 3.41. The van der Waals surface area contributed by atoms with E-state index in [1.807, 2.05) is 54.6 Å². The molecule has 0 saturated heterocycles. The van der Waals surface area contributed by atoms with Gasteiger partial charge in [0.25, 0.3) is 5.69 Å². The van der Waals surface area contributed by atoms with Crippen LogP contribution in [0, 0.1) is 10.1 Å². The first-order valence-electron chi connectivity index (χ1n) is 9.49. The van der Waals surface area contributed by atoms with E-state index in [-0.39, 0.29) is 24.0 Å². The zero-order valence-corrected chi connectivity index (χ0v) is 17.3. The lowest BCUT2D eigenvalue weighted by Crippen LogP contribution is -2.03. The Morgan fingerprint density at radius 2 is 1.77 bits per heavy atom. The Bertz CT molecular complexity index is 1240. The molecule has 4 aromatic rings. The number of hydrogen-bond donors (Lipinski definition) is 3. The number of aliphatic imine (C=N–C) groups is 1. The average Bonchev–Trinajstić information content (AvgIpc) is 3.09. The molecule has 0 atom stereocenters. The Morgan fingerprint density at radius 1 is 1.06 bits per heavy atom. The van der Waals surface area contributed by atoms with Crippen LogP contribution in [0.15, 0.2) is 77.8 Å². The van der Waals surface area contributed by atoms with Gasteiger partial charge in [0.2, 0.25) is 0 Å². The fraction of sp³-hybridized carbons (Fsp3) is 0.0870. The first kappa shape index (κ1) is 22.0. The third-order valence-corrected chi connectivity index (χ3v) is 4.87. The standard InChI is InChI=1S/C23H20N4O3.ClH/c24-13-12-15-6-8-17(9-7-15)25-22(16-4-2-1-3-5-16)21-19-14-18(27(29)30)10-11-20(19)26-23(21)28;/h1-11,14,26,28H,12-13,24H2;1H. The van der Waals surface area contributed by atoms with E-state index in [1.165, 1.54) is 12.1 Å². The Hall–Kier alpha value is -3.68. The van der Waals surface area contributed by atoms with Gasteiger partial charge in [-0.05, 0) is 36.7 Å². The predicted octanol–water partition coefficient (Wildman–Crippen LogP) is 4.87. The lowest BCUT2D eigenvalue weighted by atomic mass is 10.0. The number of rotatable bonds is 6. The minimum absolute atomic E-state index is 0. The maximum absolute atomic E-state index is 11.3. The van der Waals surface area contributed by atoms with E-state index in [9.17, 15) is 15.2 Å². The SMILES string of the molecule is Cl.NCCc1ccc(N=C(c2ccccc2)c2c(O)[nH]c3ccc([N+](=O)[O-])cc23)cc1. The molecule has 8 heteroatoms. The van der Waals surface area contributed by atoms with Crippen LogP contribution in [0.3, 0.4) is 0 Å². The third kappa shape index (κ3) is 4.58. The summed E-state index contributed by atoms with van der Waals surface area (Å²) in [6.45, 7) is 0.569. The molecular weight excluding hydrogens is 416 g/mol. The van der Waals surface area contributed by atoms with E-state index in [0.717, 1.165) is 17.5 Å². The number of fused-ring (bicyclic) bond motifs is 1. The van der Waals surface area contributed by atoms with Crippen molar-refractivity contribution in [1.29, 1.82) is 0 Å². The van der Waals surface area contributed by atoms with Crippen molar-refractivity contribution in [2.75, 3.05) is 6.54 Å². The smallest absolute Gasteiger partial charge is 0.270 e. The maximum Gasteiger partial charge on any atom is 0.270 e. The van der Waals surface area contributed by atoms with Gasteiger partial charge in [-0.1, -0.05) is 42.5 Å². The van der Waals surface area contributed by atoms with Gasteiger partial charge in [-0.3, -0.25) is 10.1 Å². The number of nitro benzene ring substituents is 1. The third-order valence-electron chi connectivity index (χ3n) is 4.87. The number of nitrogens with two attached hydrogens (primary N) is 1. The molecule has 0 aliphatic carbocycles. The quantitative estimate of drug-likeness (QED) is 0.227. The largest absolute Gasteiger partial charge is 0.494 e. The number of non-ortho nitro benzene ring substituents is 1. The number of aromatic hydroxyl groups is 1. The highest BCUT2D eigenvalue weighted by Crippen LogP contribution is 2.33. The molecule has 31 heavy (non-hydrogen) atoms. The summed E-state index contributed by atoms with van der Waals surface area (Å²) in [6, 6.07) is 21.6. The number of nitrogens with one attached hydrogen (secondary N) is 1. The van der Waals surface area contributed by atoms with Gasteiger partial charge in [-0.15, -0.1) is 12.4 Å². The topological polar surface area (TPSA) is 118 Å². The van der Waals surface area contributed by atoms with Crippen molar-refractivity contribution >= 4 is 40.4 Å². The predicted molar refractivity (Wildman–Crippen MR) is 125 cm³/mol. The van der Waals surface area contributed by atoms with Crippen molar-refractivity contribution in [3.8, 4) is 5.88 Å². The minimum atomic E-state index is -0.456. The molecule has 0 spiro atoms. The number of aromatic amines is 1. The van der Waals surface area contributed by atoms with Gasteiger partial charge < -0.3 is 15.8 Å². The zero-order valence-electron chi connectivity index (χ0n) is 16.5. The van der Waals surface area contributed by atoms with E-state index in [1.54, 1.807) is 6.07 Å². The molecule has 0 bridgehead atoms. The molecule has 0 aliphatic heterocycles. The van der Waals surface area contributed by atoms with E-state index < -0.39 is 4.92 Å². The molecule has 4 rings (SSSR count). The summed E-state index contributed by atoms with van der Waals surface area (Å²) < 4.78 is 0. The number of hydrogen-bond acceptors (Lipinski definition) is 5. The van der Waals surface area contributed by atoms with Crippen molar-refractivity contribution in [2.45, 2.75) is 6.42 Å². The first-order chi connectivity index (χ1) is 14.6.